The van der Waals surface area contributed by atoms with Crippen LogP contribution in [0.1, 0.15) is 40.7 Å². The molecule has 3 aromatic rings. The van der Waals surface area contributed by atoms with Crippen molar-refractivity contribution < 1.29 is 4.79 Å². The zero-order chi connectivity index (χ0) is 20.7. The number of carbonyl (C=O) groups is 1. The fraction of sp³-hybridized carbons (Fsp3) is 0.231. The van der Waals surface area contributed by atoms with Crippen LogP contribution < -0.4 is 10.3 Å². The largest absolute Gasteiger partial charge is 0.312 e. The molecule has 29 heavy (non-hydrogen) atoms. The summed E-state index contributed by atoms with van der Waals surface area (Å²) in [7, 11) is 0. The Kier molecular flexibility index (Phi) is 4.83. The summed E-state index contributed by atoms with van der Waals surface area (Å²) in [4.78, 5) is 27.9. The number of aryl methyl sites for hydroxylation is 2. The summed E-state index contributed by atoms with van der Waals surface area (Å²) in [6.45, 7) is 8.74. The second kappa shape index (κ2) is 7.32. The normalized spacial score (nSPS) is 15.5. The fourth-order valence-electron chi connectivity index (χ4n) is 4.24. The maximum atomic E-state index is 13.2. The Morgan fingerprint density at radius 1 is 0.862 bits per heavy atom. The van der Waals surface area contributed by atoms with Crippen molar-refractivity contribution in [1.82, 2.24) is 0 Å². The molecule has 0 saturated heterocycles. The lowest BCUT2D eigenvalue weighted by molar-refractivity contribution is -0.118. The predicted octanol–water partition coefficient (Wildman–Crippen LogP) is 5.14. The van der Waals surface area contributed by atoms with E-state index in [9.17, 15) is 9.59 Å². The lowest BCUT2D eigenvalue weighted by Gasteiger charge is -2.15. The molecule has 146 valence electrons. The van der Waals surface area contributed by atoms with Gasteiger partial charge in [-0.25, -0.2) is 0 Å². The Morgan fingerprint density at radius 2 is 1.62 bits per heavy atom. The molecule has 1 aliphatic rings. The third-order valence-electron chi connectivity index (χ3n) is 5.98. The lowest BCUT2D eigenvalue weighted by Crippen LogP contribution is -2.28. The van der Waals surface area contributed by atoms with Crippen LogP contribution in [0.2, 0.25) is 0 Å². The molecule has 1 heterocycles. The minimum absolute atomic E-state index is 0.0350. The van der Waals surface area contributed by atoms with Crippen LogP contribution in [0, 0.1) is 20.8 Å². The van der Waals surface area contributed by atoms with Gasteiger partial charge in [-0.15, -0.1) is 0 Å². The van der Waals surface area contributed by atoms with Gasteiger partial charge >= 0.3 is 0 Å². The van der Waals surface area contributed by atoms with Gasteiger partial charge in [0, 0.05) is 17.8 Å². The van der Waals surface area contributed by atoms with Crippen molar-refractivity contribution in [2.45, 2.75) is 33.6 Å². The van der Waals surface area contributed by atoms with Crippen LogP contribution >= 0.6 is 0 Å². The maximum absolute atomic E-state index is 13.2. The van der Waals surface area contributed by atoms with Crippen LogP contribution in [0.5, 0.6) is 0 Å². The second-order valence-corrected chi connectivity index (χ2v) is 7.77. The number of fused-ring (bicyclic) bond motifs is 1. The van der Waals surface area contributed by atoms with Crippen LogP contribution in [0.4, 0.5) is 5.69 Å². The molecule has 3 heteroatoms. The molecule has 0 aromatic heterocycles. The summed E-state index contributed by atoms with van der Waals surface area (Å²) >= 11 is 0. The predicted molar refractivity (Wildman–Crippen MR) is 119 cm³/mol. The quantitative estimate of drug-likeness (QED) is 0.628. The average molecular weight is 383 g/mol. The number of benzene rings is 2. The zero-order valence-corrected chi connectivity index (χ0v) is 17.3. The van der Waals surface area contributed by atoms with Crippen LogP contribution in [-0.4, -0.2) is 12.5 Å². The smallest absolute Gasteiger partial charge is 0.239 e. The topological polar surface area (TPSA) is 37.4 Å². The van der Waals surface area contributed by atoms with Crippen LogP contribution in [0.3, 0.4) is 0 Å². The van der Waals surface area contributed by atoms with Crippen molar-refractivity contribution >= 4 is 11.6 Å². The number of anilines is 1. The van der Waals surface area contributed by atoms with Crippen molar-refractivity contribution in [2.75, 3.05) is 11.4 Å². The van der Waals surface area contributed by atoms with Crippen molar-refractivity contribution in [3.8, 4) is 11.1 Å². The van der Waals surface area contributed by atoms with Crippen molar-refractivity contribution in [1.29, 1.82) is 0 Å². The van der Waals surface area contributed by atoms with Crippen molar-refractivity contribution in [3.63, 3.8) is 0 Å². The molecule has 0 fully saturated rings. The minimum Gasteiger partial charge on any atom is -0.312 e. The van der Waals surface area contributed by atoms with Gasteiger partial charge in [0.05, 0.1) is 5.92 Å². The molecular formula is C26H25NO2. The molecule has 1 unspecified atom stereocenters. The van der Waals surface area contributed by atoms with Gasteiger partial charge in [0.1, 0.15) is 0 Å². The zero-order valence-electron chi connectivity index (χ0n) is 17.3. The van der Waals surface area contributed by atoms with E-state index in [2.05, 4.69) is 6.07 Å². The van der Waals surface area contributed by atoms with Gasteiger partial charge in [-0.2, -0.15) is 0 Å². The molecule has 0 N–H and O–H groups in total. The number of carbonyl (C=O) groups excluding carboxylic acids is 1. The molecule has 1 amide bonds. The summed E-state index contributed by atoms with van der Waals surface area (Å²) in [5.74, 6) is -0.303. The van der Waals surface area contributed by atoms with E-state index in [1.165, 1.54) is 0 Å². The SMILES string of the molecule is CCN1C(=O)C(c2ccc(-c3cccc(C)c3C)c(=O)cc2)c2cc(C)ccc21. The molecule has 1 aliphatic heterocycles. The van der Waals surface area contributed by atoms with E-state index in [0.29, 0.717) is 12.1 Å². The number of rotatable bonds is 3. The Morgan fingerprint density at radius 3 is 2.38 bits per heavy atom. The standard InChI is InChI=1S/C26H25NO2/c1-5-27-23-13-9-16(2)15-22(23)25(26(27)29)19-10-12-21(24(28)14-11-19)20-8-6-7-17(3)18(20)4/h6-15,25H,5H2,1-4H3. The van der Waals surface area contributed by atoms with Gasteiger partial charge in [0.15, 0.2) is 5.43 Å². The van der Waals surface area contributed by atoms with Gasteiger partial charge in [-0.3, -0.25) is 9.59 Å². The van der Waals surface area contributed by atoms with E-state index in [-0.39, 0.29) is 17.3 Å². The number of hydrogen-bond donors (Lipinski definition) is 0. The van der Waals surface area contributed by atoms with Gasteiger partial charge in [0.2, 0.25) is 5.91 Å². The van der Waals surface area contributed by atoms with Gasteiger partial charge < -0.3 is 4.90 Å². The summed E-state index contributed by atoms with van der Waals surface area (Å²) in [6.07, 6.45) is 0. The van der Waals surface area contributed by atoms with E-state index in [0.717, 1.165) is 39.1 Å². The first kappa shape index (κ1) is 19.1. The Labute approximate surface area is 171 Å². The molecule has 1 atom stereocenters. The Bertz CT molecular complexity index is 1180. The van der Waals surface area contributed by atoms with E-state index >= 15 is 0 Å². The highest BCUT2D eigenvalue weighted by molar-refractivity contribution is 6.07. The van der Waals surface area contributed by atoms with Gasteiger partial charge in [-0.1, -0.05) is 54.1 Å². The van der Waals surface area contributed by atoms with Gasteiger partial charge in [-0.05, 0) is 67.6 Å². The highest BCUT2D eigenvalue weighted by Gasteiger charge is 2.37. The number of hydrogen-bond acceptors (Lipinski definition) is 2. The van der Waals surface area contributed by atoms with Crippen molar-refractivity contribution in [3.05, 3.63) is 98.7 Å². The molecule has 4 rings (SSSR count). The number of amides is 1. The first-order chi connectivity index (χ1) is 13.9. The molecule has 3 aromatic carbocycles. The minimum atomic E-state index is -0.372. The van der Waals surface area contributed by atoms with E-state index in [1.54, 1.807) is 6.07 Å². The number of nitrogens with zero attached hydrogens (tertiary/aromatic N) is 1. The summed E-state index contributed by atoms with van der Waals surface area (Å²) in [6, 6.07) is 19.4. The van der Waals surface area contributed by atoms with E-state index in [1.807, 2.05) is 81.1 Å². The summed E-state index contributed by atoms with van der Waals surface area (Å²) in [5.41, 5.74) is 7.80. The lowest BCUT2D eigenvalue weighted by atomic mass is 9.92. The number of likely N-dealkylation sites (N-methyl/N-ethyl adjacent to an activating group) is 1. The monoisotopic (exact) mass is 383 g/mol. The van der Waals surface area contributed by atoms with E-state index < -0.39 is 0 Å². The molecule has 3 nitrogen and oxygen atoms in total. The maximum Gasteiger partial charge on any atom is 0.239 e. The molecule has 0 bridgehead atoms. The van der Waals surface area contributed by atoms with Crippen LogP contribution in [-0.2, 0) is 4.79 Å². The molecule has 0 radical (unpaired) electrons. The fourth-order valence-corrected chi connectivity index (χ4v) is 4.24. The molecule has 0 spiro atoms. The summed E-state index contributed by atoms with van der Waals surface area (Å²) in [5, 5.41) is 0. The highest BCUT2D eigenvalue weighted by atomic mass is 16.2. The first-order valence-corrected chi connectivity index (χ1v) is 10.0. The Hall–Kier alpha value is -3.20. The Balaban J connectivity index is 1.87. The molecule has 0 saturated carbocycles. The second-order valence-electron chi connectivity index (χ2n) is 7.77. The summed E-state index contributed by atoms with van der Waals surface area (Å²) < 4.78 is 0. The van der Waals surface area contributed by atoms with Crippen molar-refractivity contribution in [2.24, 2.45) is 0 Å². The molecular weight excluding hydrogens is 358 g/mol. The van der Waals surface area contributed by atoms with E-state index in [4.69, 9.17) is 0 Å². The van der Waals surface area contributed by atoms with Crippen LogP contribution in [0.25, 0.3) is 11.1 Å². The highest BCUT2D eigenvalue weighted by Crippen LogP contribution is 2.41. The van der Waals surface area contributed by atoms with Gasteiger partial charge in [0.25, 0.3) is 0 Å². The third-order valence-corrected chi connectivity index (χ3v) is 5.98. The third kappa shape index (κ3) is 3.17. The average Bonchev–Trinajstić information content (AvgIpc) is 2.83. The van der Waals surface area contributed by atoms with Crippen LogP contribution in [0.15, 0.2) is 65.5 Å². The first-order valence-electron chi connectivity index (χ1n) is 10.0. The molecule has 0 aliphatic carbocycles.